The summed E-state index contributed by atoms with van der Waals surface area (Å²) in [6.45, 7) is 1.05. The molecule has 0 unspecified atom stereocenters. The Balaban J connectivity index is 2.20. The standard InChI is InChI=1S/C9H13F3N2O2/c10-9(11,12)8(16)13-4-3-7(15)14-5-1-2-6-14/h1-6H2,(H,13,16). The minimum Gasteiger partial charge on any atom is -0.348 e. The molecule has 1 saturated heterocycles. The Labute approximate surface area is 90.8 Å². The third kappa shape index (κ3) is 3.71. The van der Waals surface area contributed by atoms with Gasteiger partial charge < -0.3 is 10.2 Å². The van der Waals surface area contributed by atoms with Crippen LogP contribution < -0.4 is 5.32 Å². The lowest BCUT2D eigenvalue weighted by Crippen LogP contribution is -2.39. The lowest BCUT2D eigenvalue weighted by molar-refractivity contribution is -0.173. The number of hydrogen-bond acceptors (Lipinski definition) is 2. The van der Waals surface area contributed by atoms with Crippen LogP contribution in [0.5, 0.6) is 0 Å². The molecule has 0 atom stereocenters. The van der Waals surface area contributed by atoms with Crippen molar-refractivity contribution in [3.63, 3.8) is 0 Å². The molecule has 92 valence electrons. The van der Waals surface area contributed by atoms with Crippen LogP contribution in [-0.4, -0.2) is 42.5 Å². The summed E-state index contributed by atoms with van der Waals surface area (Å²) in [5.41, 5.74) is 0. The molecule has 1 heterocycles. The molecular weight excluding hydrogens is 225 g/mol. The second kappa shape index (κ2) is 5.18. The normalized spacial score (nSPS) is 16.3. The highest BCUT2D eigenvalue weighted by molar-refractivity contribution is 5.82. The van der Waals surface area contributed by atoms with Crippen LogP contribution in [-0.2, 0) is 9.59 Å². The number of hydrogen-bond donors (Lipinski definition) is 1. The van der Waals surface area contributed by atoms with E-state index in [0.717, 1.165) is 12.8 Å². The van der Waals surface area contributed by atoms with Crippen molar-refractivity contribution < 1.29 is 22.8 Å². The predicted octanol–water partition coefficient (Wildman–Crippen LogP) is 0.677. The van der Waals surface area contributed by atoms with Gasteiger partial charge in [-0.15, -0.1) is 0 Å². The summed E-state index contributed by atoms with van der Waals surface area (Å²) in [6, 6.07) is 0. The minimum absolute atomic E-state index is 0.0815. The predicted molar refractivity (Wildman–Crippen MR) is 49.5 cm³/mol. The summed E-state index contributed by atoms with van der Waals surface area (Å²) in [7, 11) is 0. The molecule has 1 fully saturated rings. The van der Waals surface area contributed by atoms with Gasteiger partial charge in [-0.2, -0.15) is 13.2 Å². The van der Waals surface area contributed by atoms with Crippen LogP contribution >= 0.6 is 0 Å². The van der Waals surface area contributed by atoms with E-state index in [0.29, 0.717) is 13.1 Å². The zero-order valence-electron chi connectivity index (χ0n) is 8.64. The first kappa shape index (κ1) is 12.8. The molecule has 0 spiro atoms. The van der Waals surface area contributed by atoms with E-state index in [2.05, 4.69) is 0 Å². The van der Waals surface area contributed by atoms with Crippen molar-refractivity contribution in [1.82, 2.24) is 10.2 Å². The summed E-state index contributed by atoms with van der Waals surface area (Å²) < 4.78 is 35.3. The molecule has 1 aliphatic heterocycles. The second-order valence-electron chi connectivity index (χ2n) is 3.59. The summed E-state index contributed by atoms with van der Waals surface area (Å²) in [6.07, 6.45) is -3.10. The lowest BCUT2D eigenvalue weighted by atomic mass is 10.3. The van der Waals surface area contributed by atoms with Crippen LogP contribution in [0.4, 0.5) is 13.2 Å². The van der Waals surface area contributed by atoms with Gasteiger partial charge in [0, 0.05) is 26.1 Å². The molecule has 0 bridgehead atoms. The van der Waals surface area contributed by atoms with E-state index in [-0.39, 0.29) is 18.9 Å². The first-order valence-corrected chi connectivity index (χ1v) is 5.04. The van der Waals surface area contributed by atoms with E-state index in [1.54, 1.807) is 10.2 Å². The summed E-state index contributed by atoms with van der Waals surface area (Å²) in [5, 5.41) is 1.67. The molecule has 0 aromatic heterocycles. The van der Waals surface area contributed by atoms with Crippen LogP contribution in [0.2, 0.25) is 0 Å². The number of carbonyl (C=O) groups is 2. The van der Waals surface area contributed by atoms with Crippen molar-refractivity contribution in [1.29, 1.82) is 0 Å². The molecule has 1 rings (SSSR count). The van der Waals surface area contributed by atoms with Crippen LogP contribution in [0.25, 0.3) is 0 Å². The highest BCUT2D eigenvalue weighted by Crippen LogP contribution is 2.14. The number of likely N-dealkylation sites (tertiary alicyclic amines) is 1. The average Bonchev–Trinajstić information content (AvgIpc) is 2.68. The van der Waals surface area contributed by atoms with Crippen LogP contribution in [0.15, 0.2) is 0 Å². The van der Waals surface area contributed by atoms with Gasteiger partial charge in [-0.1, -0.05) is 0 Å². The Morgan fingerprint density at radius 3 is 2.25 bits per heavy atom. The molecule has 4 nitrogen and oxygen atoms in total. The van der Waals surface area contributed by atoms with Crippen molar-refractivity contribution in [2.45, 2.75) is 25.4 Å². The highest BCUT2D eigenvalue weighted by Gasteiger charge is 2.38. The largest absolute Gasteiger partial charge is 0.471 e. The molecule has 7 heteroatoms. The Bertz CT molecular complexity index is 272. The fourth-order valence-corrected chi connectivity index (χ4v) is 1.51. The number of halogens is 3. The van der Waals surface area contributed by atoms with Crippen molar-refractivity contribution in [2.24, 2.45) is 0 Å². The Morgan fingerprint density at radius 1 is 1.19 bits per heavy atom. The molecule has 0 aromatic rings. The number of nitrogens with zero attached hydrogens (tertiary/aromatic N) is 1. The van der Waals surface area contributed by atoms with Gasteiger partial charge in [0.2, 0.25) is 5.91 Å². The fourth-order valence-electron chi connectivity index (χ4n) is 1.51. The molecule has 16 heavy (non-hydrogen) atoms. The summed E-state index contributed by atoms with van der Waals surface area (Å²) in [4.78, 5) is 23.4. The maximum atomic E-state index is 11.8. The van der Waals surface area contributed by atoms with Crippen molar-refractivity contribution >= 4 is 11.8 Å². The van der Waals surface area contributed by atoms with E-state index in [1.807, 2.05) is 0 Å². The quantitative estimate of drug-likeness (QED) is 0.786. The first-order valence-electron chi connectivity index (χ1n) is 5.04. The van der Waals surface area contributed by atoms with Gasteiger partial charge in [0.1, 0.15) is 0 Å². The third-order valence-electron chi connectivity index (χ3n) is 2.34. The second-order valence-corrected chi connectivity index (χ2v) is 3.59. The Hall–Kier alpha value is -1.27. The monoisotopic (exact) mass is 238 g/mol. The SMILES string of the molecule is O=C(CCNC(=O)C(F)(F)F)N1CCCC1. The first-order chi connectivity index (χ1) is 7.41. The van der Waals surface area contributed by atoms with E-state index >= 15 is 0 Å². The van der Waals surface area contributed by atoms with Crippen LogP contribution in [0, 0.1) is 0 Å². The van der Waals surface area contributed by atoms with Gasteiger partial charge in [0.05, 0.1) is 0 Å². The third-order valence-corrected chi connectivity index (χ3v) is 2.34. The van der Waals surface area contributed by atoms with Crippen LogP contribution in [0.3, 0.4) is 0 Å². The Morgan fingerprint density at radius 2 is 1.75 bits per heavy atom. The van der Waals surface area contributed by atoms with Gasteiger partial charge in [0.15, 0.2) is 0 Å². The van der Waals surface area contributed by atoms with E-state index in [1.165, 1.54) is 0 Å². The van der Waals surface area contributed by atoms with Crippen molar-refractivity contribution in [3.8, 4) is 0 Å². The average molecular weight is 238 g/mol. The molecule has 0 radical (unpaired) electrons. The number of amides is 2. The molecule has 0 aliphatic carbocycles. The van der Waals surface area contributed by atoms with Crippen molar-refractivity contribution in [2.75, 3.05) is 19.6 Å². The molecule has 0 saturated carbocycles. The maximum Gasteiger partial charge on any atom is 0.471 e. The van der Waals surface area contributed by atoms with E-state index in [9.17, 15) is 22.8 Å². The van der Waals surface area contributed by atoms with Crippen LogP contribution in [0.1, 0.15) is 19.3 Å². The zero-order valence-corrected chi connectivity index (χ0v) is 8.64. The fraction of sp³-hybridized carbons (Fsp3) is 0.778. The number of rotatable bonds is 3. The van der Waals surface area contributed by atoms with E-state index in [4.69, 9.17) is 0 Å². The van der Waals surface area contributed by atoms with Gasteiger partial charge in [-0.05, 0) is 12.8 Å². The maximum absolute atomic E-state index is 11.8. The molecular formula is C9H13F3N2O2. The van der Waals surface area contributed by atoms with Gasteiger partial charge in [0.25, 0.3) is 0 Å². The molecule has 1 N–H and O–H groups in total. The molecule has 0 aromatic carbocycles. The Kier molecular flexibility index (Phi) is 4.14. The zero-order chi connectivity index (χ0) is 12.2. The van der Waals surface area contributed by atoms with Crippen molar-refractivity contribution in [3.05, 3.63) is 0 Å². The highest BCUT2D eigenvalue weighted by atomic mass is 19.4. The minimum atomic E-state index is -4.88. The van der Waals surface area contributed by atoms with E-state index < -0.39 is 12.1 Å². The van der Waals surface area contributed by atoms with Gasteiger partial charge in [-0.25, -0.2) is 0 Å². The smallest absolute Gasteiger partial charge is 0.348 e. The lowest BCUT2D eigenvalue weighted by Gasteiger charge is -2.15. The summed E-state index contributed by atoms with van der Waals surface area (Å²) in [5.74, 6) is -2.21. The number of carbonyl (C=O) groups excluding carboxylic acids is 2. The number of nitrogens with one attached hydrogen (secondary N) is 1. The topological polar surface area (TPSA) is 49.4 Å². The molecule has 1 aliphatic rings. The summed E-state index contributed by atoms with van der Waals surface area (Å²) >= 11 is 0. The molecule has 2 amide bonds. The van der Waals surface area contributed by atoms with Gasteiger partial charge in [-0.3, -0.25) is 9.59 Å². The number of alkyl halides is 3. The van der Waals surface area contributed by atoms with Gasteiger partial charge >= 0.3 is 12.1 Å².